The number of nitrogens with zero attached hydrogens (tertiary/aromatic N) is 4. The molecule has 3 heterocycles. The molecule has 0 spiro atoms. The van der Waals surface area contributed by atoms with Crippen LogP contribution in [-0.4, -0.2) is 39.5 Å². The molecule has 1 fully saturated rings. The second-order valence-corrected chi connectivity index (χ2v) is 4.66. The van der Waals surface area contributed by atoms with E-state index in [2.05, 4.69) is 15.1 Å². The Hall–Kier alpha value is -1.73. The molecule has 0 amide bonds. The molecule has 1 saturated heterocycles. The average molecular weight is 263 g/mol. The van der Waals surface area contributed by atoms with E-state index < -0.39 is 0 Å². The molecule has 7 nitrogen and oxygen atoms in total. The molecule has 1 aliphatic heterocycles. The summed E-state index contributed by atoms with van der Waals surface area (Å²) >= 11 is 0. The topological polar surface area (TPSA) is 92.0 Å². The second kappa shape index (κ2) is 5.50. The van der Waals surface area contributed by atoms with E-state index in [9.17, 15) is 0 Å². The van der Waals surface area contributed by atoms with Crippen molar-refractivity contribution in [2.24, 2.45) is 5.73 Å². The van der Waals surface area contributed by atoms with Crippen molar-refractivity contribution in [2.45, 2.75) is 25.3 Å². The Labute approximate surface area is 110 Å². The number of aromatic nitrogens is 4. The van der Waals surface area contributed by atoms with Crippen molar-refractivity contribution in [1.82, 2.24) is 19.7 Å². The highest BCUT2D eigenvalue weighted by Gasteiger charge is 2.22. The Morgan fingerprint density at radius 3 is 3.21 bits per heavy atom. The fraction of sp³-hybridized carbons (Fsp3) is 0.583. The van der Waals surface area contributed by atoms with Gasteiger partial charge in [-0.2, -0.15) is 4.98 Å². The molecule has 1 atom stereocenters. The molecule has 1 unspecified atom stereocenters. The lowest BCUT2D eigenvalue weighted by molar-refractivity contribution is 0.0773. The molecule has 0 aliphatic carbocycles. The summed E-state index contributed by atoms with van der Waals surface area (Å²) in [6.07, 6.45) is 5.66. The van der Waals surface area contributed by atoms with Gasteiger partial charge in [-0.15, -0.1) is 0 Å². The van der Waals surface area contributed by atoms with Crippen LogP contribution in [-0.2, 0) is 11.3 Å². The van der Waals surface area contributed by atoms with Gasteiger partial charge in [0.25, 0.3) is 5.89 Å². The normalized spacial score (nSPS) is 19.7. The molecule has 102 valence electrons. The first-order chi connectivity index (χ1) is 9.36. The Bertz CT molecular complexity index is 530. The van der Waals surface area contributed by atoms with Crippen molar-refractivity contribution in [1.29, 1.82) is 0 Å². The minimum absolute atomic E-state index is 0.234. The van der Waals surface area contributed by atoms with Gasteiger partial charge < -0.3 is 19.6 Å². The highest BCUT2D eigenvalue weighted by atomic mass is 16.5. The van der Waals surface area contributed by atoms with Gasteiger partial charge in [0.15, 0.2) is 5.82 Å². The molecule has 2 N–H and O–H groups in total. The van der Waals surface area contributed by atoms with E-state index in [4.69, 9.17) is 15.0 Å². The molecule has 0 bridgehead atoms. The van der Waals surface area contributed by atoms with Gasteiger partial charge in [0.05, 0.1) is 12.9 Å². The highest BCUT2D eigenvalue weighted by Crippen LogP contribution is 2.25. The van der Waals surface area contributed by atoms with Crippen LogP contribution in [0.4, 0.5) is 0 Å². The summed E-state index contributed by atoms with van der Waals surface area (Å²) in [5, 5.41) is 4.03. The van der Waals surface area contributed by atoms with Gasteiger partial charge in [-0.25, -0.2) is 4.98 Å². The van der Waals surface area contributed by atoms with Crippen LogP contribution in [0, 0.1) is 0 Å². The fourth-order valence-corrected chi connectivity index (χ4v) is 2.19. The lowest BCUT2D eigenvalue weighted by Crippen LogP contribution is -2.16. The summed E-state index contributed by atoms with van der Waals surface area (Å²) in [6, 6.07) is 0. The first-order valence-electron chi connectivity index (χ1n) is 6.50. The van der Waals surface area contributed by atoms with E-state index in [0.29, 0.717) is 30.6 Å². The summed E-state index contributed by atoms with van der Waals surface area (Å²) in [5.74, 6) is 1.40. The zero-order valence-electron chi connectivity index (χ0n) is 10.7. The molecule has 0 radical (unpaired) electrons. The molecule has 0 saturated carbocycles. The van der Waals surface area contributed by atoms with E-state index in [1.165, 1.54) is 0 Å². The maximum Gasteiger partial charge on any atom is 0.278 e. The molecule has 19 heavy (non-hydrogen) atoms. The van der Waals surface area contributed by atoms with Crippen molar-refractivity contribution < 1.29 is 9.26 Å². The highest BCUT2D eigenvalue weighted by molar-refractivity contribution is 5.44. The summed E-state index contributed by atoms with van der Waals surface area (Å²) in [6.45, 7) is 2.79. The minimum Gasteiger partial charge on any atom is -0.381 e. The third-order valence-corrected chi connectivity index (χ3v) is 3.21. The molecule has 0 aromatic carbocycles. The largest absolute Gasteiger partial charge is 0.381 e. The van der Waals surface area contributed by atoms with Crippen LogP contribution in [0.3, 0.4) is 0 Å². The second-order valence-electron chi connectivity index (χ2n) is 4.66. The van der Waals surface area contributed by atoms with E-state index in [0.717, 1.165) is 26.0 Å². The van der Waals surface area contributed by atoms with Crippen LogP contribution in [0.15, 0.2) is 17.0 Å². The van der Waals surface area contributed by atoms with Crippen molar-refractivity contribution in [3.05, 3.63) is 18.3 Å². The van der Waals surface area contributed by atoms with Crippen LogP contribution < -0.4 is 5.73 Å². The number of hydrogen-bond donors (Lipinski definition) is 1. The number of rotatable bonds is 4. The first-order valence-corrected chi connectivity index (χ1v) is 6.50. The molecule has 3 rings (SSSR count). The summed E-state index contributed by atoms with van der Waals surface area (Å²) in [4.78, 5) is 8.66. The maximum atomic E-state index is 5.50. The predicted molar refractivity (Wildman–Crippen MR) is 67.4 cm³/mol. The molecule has 2 aromatic heterocycles. The van der Waals surface area contributed by atoms with Crippen molar-refractivity contribution in [3.63, 3.8) is 0 Å². The molecular formula is C12H17N5O2. The van der Waals surface area contributed by atoms with Crippen molar-refractivity contribution >= 4 is 0 Å². The molecule has 2 aromatic rings. The van der Waals surface area contributed by atoms with Gasteiger partial charge in [0, 0.05) is 31.8 Å². The fourth-order valence-electron chi connectivity index (χ4n) is 2.19. The van der Waals surface area contributed by atoms with E-state index >= 15 is 0 Å². The third-order valence-electron chi connectivity index (χ3n) is 3.21. The Balaban J connectivity index is 1.75. The van der Waals surface area contributed by atoms with Gasteiger partial charge in [-0.05, 0) is 12.8 Å². The number of hydrogen-bond acceptors (Lipinski definition) is 6. The van der Waals surface area contributed by atoms with E-state index in [1.54, 1.807) is 6.33 Å². The van der Waals surface area contributed by atoms with E-state index in [1.807, 2.05) is 10.8 Å². The van der Waals surface area contributed by atoms with Crippen LogP contribution in [0.1, 0.15) is 24.6 Å². The molecular weight excluding hydrogens is 246 g/mol. The number of nitrogens with two attached hydrogens (primary N) is 1. The van der Waals surface area contributed by atoms with Gasteiger partial charge >= 0.3 is 0 Å². The smallest absolute Gasteiger partial charge is 0.278 e. The van der Waals surface area contributed by atoms with Gasteiger partial charge in [0.2, 0.25) is 0 Å². The Morgan fingerprint density at radius 1 is 1.47 bits per heavy atom. The van der Waals surface area contributed by atoms with Crippen molar-refractivity contribution in [2.75, 3.05) is 19.8 Å². The zero-order chi connectivity index (χ0) is 13.1. The quantitative estimate of drug-likeness (QED) is 0.876. The third kappa shape index (κ3) is 2.66. The SMILES string of the molecule is NCCn1cnc(-c2nc(C3CCCOC3)no2)c1. The maximum absolute atomic E-state index is 5.50. The van der Waals surface area contributed by atoms with Gasteiger partial charge in [0.1, 0.15) is 5.69 Å². The standard InChI is InChI=1S/C12H17N5O2/c13-3-4-17-6-10(14-8-17)12-15-11(16-19-12)9-2-1-5-18-7-9/h6,8-9H,1-5,7,13H2. The van der Waals surface area contributed by atoms with Gasteiger partial charge in [-0.3, -0.25) is 0 Å². The monoisotopic (exact) mass is 263 g/mol. The first kappa shape index (κ1) is 12.3. The number of ether oxygens (including phenoxy) is 1. The summed E-state index contributed by atoms with van der Waals surface area (Å²) in [5.41, 5.74) is 6.18. The average Bonchev–Trinajstić information content (AvgIpc) is 3.08. The number of imidazole rings is 1. The minimum atomic E-state index is 0.234. The Morgan fingerprint density at radius 2 is 2.42 bits per heavy atom. The zero-order valence-corrected chi connectivity index (χ0v) is 10.7. The Kier molecular flexibility index (Phi) is 3.56. The summed E-state index contributed by atoms with van der Waals surface area (Å²) < 4.78 is 12.6. The van der Waals surface area contributed by atoms with Crippen LogP contribution >= 0.6 is 0 Å². The summed E-state index contributed by atoms with van der Waals surface area (Å²) in [7, 11) is 0. The lowest BCUT2D eigenvalue weighted by Gasteiger charge is -2.18. The lowest BCUT2D eigenvalue weighted by atomic mass is 10.0. The van der Waals surface area contributed by atoms with Crippen LogP contribution in [0.25, 0.3) is 11.6 Å². The molecule has 1 aliphatic rings. The van der Waals surface area contributed by atoms with Gasteiger partial charge in [-0.1, -0.05) is 5.16 Å². The van der Waals surface area contributed by atoms with Crippen LogP contribution in [0.5, 0.6) is 0 Å². The van der Waals surface area contributed by atoms with Crippen LogP contribution in [0.2, 0.25) is 0 Å². The molecule has 7 heteroatoms. The van der Waals surface area contributed by atoms with Crippen molar-refractivity contribution in [3.8, 4) is 11.6 Å². The van der Waals surface area contributed by atoms with E-state index in [-0.39, 0.29) is 5.92 Å². The predicted octanol–water partition coefficient (Wildman–Crippen LogP) is 0.786.